The number of carbonyl (C=O) groups excluding carboxylic acids is 1. The van der Waals surface area contributed by atoms with Crippen LogP contribution in [-0.4, -0.2) is 10.2 Å². The van der Waals surface area contributed by atoms with Crippen molar-refractivity contribution in [3.05, 3.63) is 69.9 Å². The van der Waals surface area contributed by atoms with Gasteiger partial charge in [-0.2, -0.15) is 0 Å². The molecule has 1 amide bonds. The number of benzene rings is 2. The minimum atomic E-state index is -0.357. The predicted octanol–water partition coefficient (Wildman–Crippen LogP) is 4.85. The largest absolute Gasteiger partial charge is 0.270 e. The minimum Gasteiger partial charge on any atom is -0.268 e. The van der Waals surface area contributed by atoms with E-state index >= 15 is 0 Å². The van der Waals surface area contributed by atoms with Crippen LogP contribution in [-0.2, 0) is 4.79 Å². The van der Waals surface area contributed by atoms with Crippen molar-refractivity contribution in [1.82, 2.24) is 0 Å². The number of anilines is 1. The summed E-state index contributed by atoms with van der Waals surface area (Å²) < 4.78 is 14.3. The molecule has 0 radical (unpaired) electrons. The Kier molecular flexibility index (Phi) is 4.33. The fraction of sp³-hybridized carbons (Fsp3) is 0.111. The number of thiocarbonyl (C=S) groups is 1. The Hall–Kier alpha value is -1.98. The third-order valence-electron chi connectivity index (χ3n) is 3.59. The van der Waals surface area contributed by atoms with Crippen LogP contribution in [0.1, 0.15) is 16.7 Å². The Morgan fingerprint density at radius 2 is 1.91 bits per heavy atom. The molecule has 0 saturated carbocycles. The molecule has 0 atom stereocenters. The Labute approximate surface area is 144 Å². The molecule has 23 heavy (non-hydrogen) atoms. The molecule has 2 aromatic rings. The molecular formula is C18H14FNOS2. The van der Waals surface area contributed by atoms with Crippen LogP contribution in [0.15, 0.2) is 47.4 Å². The zero-order valence-corrected chi connectivity index (χ0v) is 14.3. The highest BCUT2D eigenvalue weighted by atomic mass is 32.2. The third-order valence-corrected chi connectivity index (χ3v) is 4.89. The van der Waals surface area contributed by atoms with Gasteiger partial charge in [0.2, 0.25) is 0 Å². The molecule has 3 rings (SSSR count). The molecule has 0 spiro atoms. The van der Waals surface area contributed by atoms with E-state index < -0.39 is 0 Å². The predicted molar refractivity (Wildman–Crippen MR) is 98.0 cm³/mol. The van der Waals surface area contributed by atoms with Gasteiger partial charge in [0.1, 0.15) is 5.82 Å². The number of halogens is 1. The van der Waals surface area contributed by atoms with Crippen molar-refractivity contribution < 1.29 is 9.18 Å². The van der Waals surface area contributed by atoms with E-state index in [9.17, 15) is 9.18 Å². The zero-order chi connectivity index (χ0) is 16.6. The molecule has 5 heteroatoms. The molecule has 0 N–H and O–H groups in total. The van der Waals surface area contributed by atoms with E-state index in [-0.39, 0.29) is 11.7 Å². The molecule has 0 aliphatic carbocycles. The third kappa shape index (κ3) is 3.07. The van der Waals surface area contributed by atoms with Crippen LogP contribution in [0.5, 0.6) is 0 Å². The normalized spacial score (nSPS) is 16.5. The van der Waals surface area contributed by atoms with Crippen molar-refractivity contribution in [3.63, 3.8) is 0 Å². The quantitative estimate of drug-likeness (QED) is 0.574. The first-order chi connectivity index (χ1) is 11.0. The monoisotopic (exact) mass is 343 g/mol. The molecule has 1 fully saturated rings. The fourth-order valence-electron chi connectivity index (χ4n) is 2.37. The van der Waals surface area contributed by atoms with E-state index in [0.29, 0.717) is 14.8 Å². The molecule has 1 aliphatic heterocycles. The highest BCUT2D eigenvalue weighted by Crippen LogP contribution is 2.37. The summed E-state index contributed by atoms with van der Waals surface area (Å²) >= 11 is 6.56. The van der Waals surface area contributed by atoms with Crippen molar-refractivity contribution in [1.29, 1.82) is 0 Å². The molecule has 0 aromatic heterocycles. The van der Waals surface area contributed by atoms with Gasteiger partial charge in [0, 0.05) is 5.56 Å². The van der Waals surface area contributed by atoms with E-state index in [4.69, 9.17) is 12.2 Å². The highest BCUT2D eigenvalue weighted by molar-refractivity contribution is 8.27. The molecule has 2 nitrogen and oxygen atoms in total. The van der Waals surface area contributed by atoms with Crippen LogP contribution in [0.2, 0.25) is 0 Å². The SMILES string of the molecule is Cc1ccc(C)c(N2C(=O)C(=Cc3ccccc3F)SC2=S)c1. The smallest absolute Gasteiger partial charge is 0.268 e. The second kappa shape index (κ2) is 6.26. The van der Waals surface area contributed by atoms with Crippen molar-refractivity contribution in [2.75, 3.05) is 4.90 Å². The van der Waals surface area contributed by atoms with Crippen LogP contribution in [0.3, 0.4) is 0 Å². The lowest BCUT2D eigenvalue weighted by Gasteiger charge is -2.17. The van der Waals surface area contributed by atoms with E-state index in [1.165, 1.54) is 22.7 Å². The Balaban J connectivity index is 2.01. The first-order valence-corrected chi connectivity index (χ1v) is 8.29. The first-order valence-electron chi connectivity index (χ1n) is 7.07. The van der Waals surface area contributed by atoms with Gasteiger partial charge in [-0.15, -0.1) is 0 Å². The number of carbonyl (C=O) groups is 1. The van der Waals surface area contributed by atoms with E-state index in [1.807, 2.05) is 32.0 Å². The Morgan fingerprint density at radius 3 is 2.65 bits per heavy atom. The Morgan fingerprint density at radius 1 is 1.17 bits per heavy atom. The van der Waals surface area contributed by atoms with Gasteiger partial charge in [0.25, 0.3) is 5.91 Å². The lowest BCUT2D eigenvalue weighted by molar-refractivity contribution is -0.113. The number of hydrogen-bond donors (Lipinski definition) is 0. The molecule has 0 bridgehead atoms. The lowest BCUT2D eigenvalue weighted by Crippen LogP contribution is -2.28. The number of hydrogen-bond acceptors (Lipinski definition) is 3. The average molecular weight is 343 g/mol. The summed E-state index contributed by atoms with van der Waals surface area (Å²) in [7, 11) is 0. The topological polar surface area (TPSA) is 20.3 Å². The van der Waals surface area contributed by atoms with Crippen molar-refractivity contribution in [3.8, 4) is 0 Å². The lowest BCUT2D eigenvalue weighted by atomic mass is 10.1. The van der Waals surface area contributed by atoms with E-state index in [1.54, 1.807) is 24.3 Å². The number of aryl methyl sites for hydroxylation is 2. The summed E-state index contributed by atoms with van der Waals surface area (Å²) in [4.78, 5) is 14.7. The number of thioether (sulfide) groups is 1. The molecule has 1 saturated heterocycles. The van der Waals surface area contributed by atoms with Gasteiger partial charge in [-0.1, -0.05) is 54.3 Å². The second-order valence-corrected chi connectivity index (χ2v) is 7.00. The maximum absolute atomic E-state index is 13.8. The summed E-state index contributed by atoms with van der Waals surface area (Å²) in [6.07, 6.45) is 1.56. The van der Waals surface area contributed by atoms with Crippen LogP contribution >= 0.6 is 24.0 Å². The van der Waals surface area contributed by atoms with Crippen molar-refractivity contribution >= 4 is 46.0 Å². The van der Waals surface area contributed by atoms with Gasteiger partial charge in [-0.3, -0.25) is 9.69 Å². The molecular weight excluding hydrogens is 329 g/mol. The van der Waals surface area contributed by atoms with Crippen LogP contribution in [0.25, 0.3) is 6.08 Å². The number of amides is 1. The minimum absolute atomic E-state index is 0.211. The maximum Gasteiger partial charge on any atom is 0.270 e. The fourth-order valence-corrected chi connectivity index (χ4v) is 3.64. The second-order valence-electron chi connectivity index (χ2n) is 5.33. The molecule has 116 valence electrons. The standard InChI is InChI=1S/C18H14FNOS2/c1-11-7-8-12(2)15(9-11)20-17(21)16(23-18(20)22)10-13-5-3-4-6-14(13)19/h3-10H,1-2H3. The van der Waals surface area contributed by atoms with E-state index in [0.717, 1.165) is 16.8 Å². The van der Waals surface area contributed by atoms with Crippen molar-refractivity contribution in [2.24, 2.45) is 0 Å². The summed E-state index contributed by atoms with van der Waals surface area (Å²) in [5.74, 6) is -0.568. The van der Waals surface area contributed by atoms with Crippen LogP contribution in [0, 0.1) is 19.7 Å². The van der Waals surface area contributed by atoms with Crippen LogP contribution < -0.4 is 4.90 Å². The highest BCUT2D eigenvalue weighted by Gasteiger charge is 2.34. The molecule has 1 heterocycles. The summed E-state index contributed by atoms with van der Waals surface area (Å²) in [6, 6.07) is 12.3. The van der Waals surface area contributed by atoms with Gasteiger partial charge >= 0.3 is 0 Å². The summed E-state index contributed by atoms with van der Waals surface area (Å²) in [6.45, 7) is 3.91. The number of nitrogens with zero attached hydrogens (tertiary/aromatic N) is 1. The maximum atomic E-state index is 13.8. The summed E-state index contributed by atoms with van der Waals surface area (Å²) in [5, 5.41) is 0. The summed E-state index contributed by atoms with van der Waals surface area (Å²) in [5.41, 5.74) is 3.19. The van der Waals surface area contributed by atoms with Gasteiger partial charge < -0.3 is 0 Å². The molecule has 2 aromatic carbocycles. The van der Waals surface area contributed by atoms with Gasteiger partial charge in [-0.25, -0.2) is 4.39 Å². The van der Waals surface area contributed by atoms with Gasteiger partial charge in [-0.05, 0) is 43.2 Å². The van der Waals surface area contributed by atoms with Gasteiger partial charge in [0.05, 0.1) is 10.6 Å². The molecule has 1 aliphatic rings. The average Bonchev–Trinajstić information content (AvgIpc) is 2.79. The number of rotatable bonds is 2. The van der Waals surface area contributed by atoms with E-state index in [2.05, 4.69) is 0 Å². The van der Waals surface area contributed by atoms with Crippen LogP contribution in [0.4, 0.5) is 10.1 Å². The zero-order valence-electron chi connectivity index (χ0n) is 12.7. The Bertz CT molecular complexity index is 845. The molecule has 0 unspecified atom stereocenters. The van der Waals surface area contributed by atoms with Gasteiger partial charge in [0.15, 0.2) is 4.32 Å². The van der Waals surface area contributed by atoms with Crippen molar-refractivity contribution in [2.45, 2.75) is 13.8 Å². The first kappa shape index (κ1) is 15.9.